The first-order valence-electron chi connectivity index (χ1n) is 3.59. The van der Waals surface area contributed by atoms with E-state index in [2.05, 4.69) is 8.83 Å². The summed E-state index contributed by atoms with van der Waals surface area (Å²) in [6.07, 6.45) is 0.0598. The van der Waals surface area contributed by atoms with Crippen molar-refractivity contribution < 1.29 is 13.6 Å². The fraction of sp³-hybridized carbons (Fsp3) is 0.571. The molecular weight excluding hydrogens is 162 g/mol. The first kappa shape index (κ1) is 8.86. The first-order chi connectivity index (χ1) is 5.59. The van der Waals surface area contributed by atoms with Crippen molar-refractivity contribution in [3.8, 4) is 0 Å². The fourth-order valence-corrected chi connectivity index (χ4v) is 0.661. The Kier molecular flexibility index (Phi) is 2.54. The van der Waals surface area contributed by atoms with E-state index in [9.17, 15) is 4.79 Å². The molecule has 2 N–H and O–H groups in total. The van der Waals surface area contributed by atoms with Gasteiger partial charge in [-0.25, -0.2) is 4.79 Å². The van der Waals surface area contributed by atoms with Crippen LogP contribution in [0.3, 0.4) is 0 Å². The van der Waals surface area contributed by atoms with Crippen LogP contribution in [0.15, 0.2) is 13.6 Å². The van der Waals surface area contributed by atoms with Gasteiger partial charge in [-0.05, 0) is 13.8 Å². The summed E-state index contributed by atoms with van der Waals surface area (Å²) < 4.78 is 14.2. The molecule has 0 aliphatic rings. The minimum absolute atomic E-state index is 0.0133. The molecule has 5 nitrogen and oxygen atoms in total. The highest BCUT2D eigenvalue weighted by atomic mass is 16.6. The van der Waals surface area contributed by atoms with E-state index in [4.69, 9.17) is 10.5 Å². The van der Waals surface area contributed by atoms with E-state index in [-0.39, 0.29) is 24.4 Å². The molecule has 0 unspecified atom stereocenters. The van der Waals surface area contributed by atoms with Crippen molar-refractivity contribution in [3.05, 3.63) is 16.4 Å². The van der Waals surface area contributed by atoms with E-state index in [1.807, 2.05) is 13.8 Å². The molecule has 0 fully saturated rings. The van der Waals surface area contributed by atoms with Crippen LogP contribution in [0.4, 0.5) is 5.88 Å². The summed E-state index contributed by atoms with van der Waals surface area (Å²) >= 11 is 0. The van der Waals surface area contributed by atoms with Gasteiger partial charge >= 0.3 is 5.82 Å². The van der Waals surface area contributed by atoms with Gasteiger partial charge in [-0.1, -0.05) is 0 Å². The van der Waals surface area contributed by atoms with E-state index >= 15 is 0 Å². The average Bonchev–Trinajstić information content (AvgIpc) is 2.26. The lowest BCUT2D eigenvalue weighted by molar-refractivity contribution is 0.0542. The number of anilines is 1. The standard InChI is InChI=1S/C7H11NO4/c1-4(2)10-3-5-6(8)12-7(9)11-5/h4H,3,8H2,1-2H3. The second-order valence-corrected chi connectivity index (χ2v) is 2.60. The summed E-state index contributed by atoms with van der Waals surface area (Å²) in [4.78, 5) is 10.5. The van der Waals surface area contributed by atoms with Crippen molar-refractivity contribution in [2.75, 3.05) is 5.73 Å². The van der Waals surface area contributed by atoms with Crippen LogP contribution < -0.4 is 11.6 Å². The van der Waals surface area contributed by atoms with Gasteiger partial charge in [0.15, 0.2) is 5.76 Å². The quantitative estimate of drug-likeness (QED) is 0.729. The van der Waals surface area contributed by atoms with Gasteiger partial charge in [-0.15, -0.1) is 0 Å². The molecule has 0 radical (unpaired) electrons. The normalized spacial score (nSPS) is 10.9. The van der Waals surface area contributed by atoms with E-state index in [0.29, 0.717) is 0 Å². The van der Waals surface area contributed by atoms with Gasteiger partial charge in [0.05, 0.1) is 6.10 Å². The topological polar surface area (TPSA) is 78.6 Å². The van der Waals surface area contributed by atoms with Crippen LogP contribution in [0.25, 0.3) is 0 Å². The van der Waals surface area contributed by atoms with Crippen molar-refractivity contribution in [1.82, 2.24) is 0 Å². The van der Waals surface area contributed by atoms with E-state index in [1.165, 1.54) is 0 Å². The fourth-order valence-electron chi connectivity index (χ4n) is 0.661. The Balaban J connectivity index is 2.63. The third kappa shape index (κ3) is 2.13. The molecule has 0 aromatic carbocycles. The smallest absolute Gasteiger partial charge is 0.391 e. The van der Waals surface area contributed by atoms with Crippen LogP contribution in [0.1, 0.15) is 19.6 Å². The molecule has 0 aliphatic heterocycles. The Morgan fingerprint density at radius 2 is 2.17 bits per heavy atom. The highest BCUT2D eigenvalue weighted by Crippen LogP contribution is 2.10. The van der Waals surface area contributed by atoms with Gasteiger partial charge in [-0.3, -0.25) is 0 Å². The zero-order valence-electron chi connectivity index (χ0n) is 6.99. The second-order valence-electron chi connectivity index (χ2n) is 2.60. The molecule has 0 atom stereocenters. The van der Waals surface area contributed by atoms with Gasteiger partial charge in [0, 0.05) is 0 Å². The molecule has 0 spiro atoms. The lowest BCUT2D eigenvalue weighted by Crippen LogP contribution is -2.03. The molecule has 0 amide bonds. The number of nitrogen functional groups attached to an aromatic ring is 1. The highest BCUT2D eigenvalue weighted by molar-refractivity contribution is 5.25. The van der Waals surface area contributed by atoms with E-state index in [1.54, 1.807) is 0 Å². The third-order valence-corrected chi connectivity index (χ3v) is 1.22. The molecule has 1 rings (SSSR count). The molecule has 1 heterocycles. The van der Waals surface area contributed by atoms with E-state index < -0.39 is 5.82 Å². The van der Waals surface area contributed by atoms with Crippen LogP contribution in [0.5, 0.6) is 0 Å². The second kappa shape index (κ2) is 3.44. The lowest BCUT2D eigenvalue weighted by Gasteiger charge is -2.03. The largest absolute Gasteiger partial charge is 0.520 e. The zero-order valence-corrected chi connectivity index (χ0v) is 6.99. The molecule has 1 aromatic heterocycles. The first-order valence-corrected chi connectivity index (χ1v) is 3.59. The SMILES string of the molecule is CC(C)OCc1oc(=O)oc1N. The van der Waals surface area contributed by atoms with Crippen molar-refractivity contribution in [1.29, 1.82) is 0 Å². The van der Waals surface area contributed by atoms with Crippen LogP contribution in [-0.4, -0.2) is 6.10 Å². The van der Waals surface area contributed by atoms with Crippen molar-refractivity contribution >= 4 is 5.88 Å². The molecule has 68 valence electrons. The van der Waals surface area contributed by atoms with Crippen molar-refractivity contribution in [2.24, 2.45) is 0 Å². The van der Waals surface area contributed by atoms with Crippen LogP contribution in [0, 0.1) is 0 Å². The predicted octanol–water partition coefficient (Wildman–Crippen LogP) is 0.740. The third-order valence-electron chi connectivity index (χ3n) is 1.22. The zero-order chi connectivity index (χ0) is 9.14. The maximum absolute atomic E-state index is 10.5. The summed E-state index contributed by atoms with van der Waals surface area (Å²) in [6.45, 7) is 3.90. The summed E-state index contributed by atoms with van der Waals surface area (Å²) in [5.74, 6) is -0.566. The molecule has 12 heavy (non-hydrogen) atoms. The Bertz CT molecular complexity index is 299. The van der Waals surface area contributed by atoms with Crippen molar-refractivity contribution in [2.45, 2.75) is 26.6 Å². The number of nitrogens with two attached hydrogens (primary N) is 1. The Morgan fingerprint density at radius 1 is 1.50 bits per heavy atom. The highest BCUT2D eigenvalue weighted by Gasteiger charge is 2.09. The monoisotopic (exact) mass is 173 g/mol. The molecule has 0 aliphatic carbocycles. The number of hydrogen-bond acceptors (Lipinski definition) is 5. The van der Waals surface area contributed by atoms with E-state index in [0.717, 1.165) is 0 Å². The summed E-state index contributed by atoms with van der Waals surface area (Å²) in [6, 6.07) is 0. The maximum Gasteiger partial charge on any atom is 0.520 e. The van der Waals surface area contributed by atoms with Crippen molar-refractivity contribution in [3.63, 3.8) is 0 Å². The van der Waals surface area contributed by atoms with Crippen LogP contribution >= 0.6 is 0 Å². The summed E-state index contributed by atoms with van der Waals surface area (Å²) in [5.41, 5.74) is 5.29. The van der Waals surface area contributed by atoms with Gasteiger partial charge in [-0.2, -0.15) is 0 Å². The molecule has 5 heteroatoms. The number of rotatable bonds is 3. The predicted molar refractivity (Wildman–Crippen MR) is 41.6 cm³/mol. The maximum atomic E-state index is 10.5. The average molecular weight is 173 g/mol. The molecule has 0 bridgehead atoms. The molecule has 0 saturated carbocycles. The Morgan fingerprint density at radius 3 is 2.58 bits per heavy atom. The van der Waals surface area contributed by atoms with Gasteiger partial charge in [0.25, 0.3) is 0 Å². The van der Waals surface area contributed by atoms with Crippen LogP contribution in [-0.2, 0) is 11.3 Å². The number of ether oxygens (including phenoxy) is 1. The molecule has 1 aromatic rings. The van der Waals surface area contributed by atoms with Gasteiger partial charge in [0.2, 0.25) is 5.88 Å². The van der Waals surface area contributed by atoms with Gasteiger partial charge in [0.1, 0.15) is 6.61 Å². The number of hydrogen-bond donors (Lipinski definition) is 1. The molecule has 0 saturated heterocycles. The minimum Gasteiger partial charge on any atom is -0.391 e. The molecular formula is C7H11NO4. The Labute approximate surface area is 69.1 Å². The Hall–Kier alpha value is -1.23. The summed E-state index contributed by atoms with van der Waals surface area (Å²) in [5, 5.41) is 0. The minimum atomic E-state index is -0.796. The van der Waals surface area contributed by atoms with Gasteiger partial charge < -0.3 is 19.3 Å². The summed E-state index contributed by atoms with van der Waals surface area (Å²) in [7, 11) is 0. The lowest BCUT2D eigenvalue weighted by atomic mass is 10.4. The van der Waals surface area contributed by atoms with Crippen LogP contribution in [0.2, 0.25) is 0 Å².